The van der Waals surface area contributed by atoms with Crippen molar-refractivity contribution in [2.75, 3.05) is 17.6 Å². The second-order valence-corrected chi connectivity index (χ2v) is 5.05. The summed E-state index contributed by atoms with van der Waals surface area (Å²) in [5.41, 5.74) is 1.25. The van der Waals surface area contributed by atoms with Crippen LogP contribution in [0, 0.1) is 5.92 Å². The Hall–Kier alpha value is -0.890. The summed E-state index contributed by atoms with van der Waals surface area (Å²) in [6, 6.07) is 8.47. The minimum atomic E-state index is 0.720. The number of para-hydroxylation sites is 1. The highest BCUT2D eigenvalue weighted by Crippen LogP contribution is 2.27. The van der Waals surface area contributed by atoms with Gasteiger partial charge in [0.1, 0.15) is 0 Å². The maximum atomic E-state index is 3.75. The van der Waals surface area contributed by atoms with Crippen molar-refractivity contribution in [3.63, 3.8) is 0 Å². The number of thioether (sulfide) groups is 1. The zero-order valence-corrected chi connectivity index (χ0v) is 11.0. The van der Waals surface area contributed by atoms with E-state index >= 15 is 0 Å². The smallest absolute Gasteiger partial charge is 0.0478 e. The number of nitrogens with one attached hydrogen (secondary N) is 1. The van der Waals surface area contributed by atoms with Crippen LogP contribution in [0.5, 0.6) is 0 Å². The normalized spacial score (nSPS) is 12.1. The average Bonchev–Trinajstić information content (AvgIpc) is 2.34. The topological polar surface area (TPSA) is 12.0 Å². The molecule has 1 aromatic rings. The molecule has 16 heavy (non-hydrogen) atoms. The first-order valence-electron chi connectivity index (χ1n) is 5.84. The van der Waals surface area contributed by atoms with Gasteiger partial charge in [0.05, 0.1) is 0 Å². The van der Waals surface area contributed by atoms with Crippen LogP contribution in [0.4, 0.5) is 5.69 Å². The van der Waals surface area contributed by atoms with Crippen LogP contribution in [0.25, 0.3) is 0 Å². The summed E-state index contributed by atoms with van der Waals surface area (Å²) in [7, 11) is 0. The van der Waals surface area contributed by atoms with Crippen LogP contribution in [0.3, 0.4) is 0 Å². The number of rotatable bonds is 7. The largest absolute Gasteiger partial charge is 0.384 e. The minimum absolute atomic E-state index is 0.720. The van der Waals surface area contributed by atoms with Crippen molar-refractivity contribution in [3.05, 3.63) is 36.9 Å². The van der Waals surface area contributed by atoms with Crippen LogP contribution >= 0.6 is 11.8 Å². The van der Waals surface area contributed by atoms with E-state index in [1.54, 1.807) is 0 Å². The van der Waals surface area contributed by atoms with Gasteiger partial charge in [0.25, 0.3) is 0 Å². The van der Waals surface area contributed by atoms with Crippen LogP contribution in [-0.4, -0.2) is 12.3 Å². The van der Waals surface area contributed by atoms with E-state index in [1.165, 1.54) is 17.0 Å². The first kappa shape index (κ1) is 13.2. The molecule has 0 aliphatic rings. The monoisotopic (exact) mass is 235 g/mol. The number of hydrogen-bond donors (Lipinski definition) is 1. The van der Waals surface area contributed by atoms with Crippen LogP contribution in [0.1, 0.15) is 20.3 Å². The lowest BCUT2D eigenvalue weighted by molar-refractivity contribution is 0.593. The van der Waals surface area contributed by atoms with Crippen molar-refractivity contribution in [1.29, 1.82) is 0 Å². The molecule has 0 amide bonds. The van der Waals surface area contributed by atoms with E-state index < -0.39 is 0 Å². The van der Waals surface area contributed by atoms with Gasteiger partial charge in [-0.25, -0.2) is 0 Å². The third kappa shape index (κ3) is 4.31. The predicted molar refractivity (Wildman–Crippen MR) is 75.3 cm³/mol. The number of anilines is 1. The molecule has 2 heteroatoms. The molecule has 1 N–H and O–H groups in total. The molecule has 0 spiro atoms. The van der Waals surface area contributed by atoms with E-state index in [0.29, 0.717) is 0 Å². The third-order valence-electron chi connectivity index (χ3n) is 2.58. The molecule has 0 aromatic heterocycles. The van der Waals surface area contributed by atoms with Gasteiger partial charge in [0.2, 0.25) is 0 Å². The molecule has 0 bridgehead atoms. The summed E-state index contributed by atoms with van der Waals surface area (Å²) in [6.45, 7) is 9.29. The van der Waals surface area contributed by atoms with Crippen LogP contribution in [-0.2, 0) is 0 Å². The molecule has 1 unspecified atom stereocenters. The van der Waals surface area contributed by atoms with Crippen molar-refractivity contribution in [2.45, 2.75) is 25.2 Å². The molecule has 1 aromatic carbocycles. The lowest BCUT2D eigenvalue weighted by Crippen LogP contribution is -2.10. The van der Waals surface area contributed by atoms with E-state index in [2.05, 4.69) is 50.0 Å². The molecule has 0 radical (unpaired) electrons. The van der Waals surface area contributed by atoms with E-state index in [1.807, 2.05) is 17.8 Å². The van der Waals surface area contributed by atoms with E-state index in [4.69, 9.17) is 0 Å². The van der Waals surface area contributed by atoms with Gasteiger partial charge in [-0.2, -0.15) is 0 Å². The molecular weight excluding hydrogens is 214 g/mol. The van der Waals surface area contributed by atoms with Gasteiger partial charge in [-0.05, 0) is 18.1 Å². The Balaban J connectivity index is 2.59. The Morgan fingerprint density at radius 3 is 2.88 bits per heavy atom. The second-order valence-electron chi connectivity index (χ2n) is 3.99. The Labute approximate surface area is 103 Å². The van der Waals surface area contributed by atoms with Crippen LogP contribution in [0.2, 0.25) is 0 Å². The Kier molecular flexibility index (Phi) is 6.09. The van der Waals surface area contributed by atoms with Crippen LogP contribution < -0.4 is 5.32 Å². The van der Waals surface area contributed by atoms with Gasteiger partial charge in [-0.15, -0.1) is 18.3 Å². The lowest BCUT2D eigenvalue weighted by atomic mass is 10.1. The molecule has 0 aliphatic carbocycles. The zero-order valence-electron chi connectivity index (χ0n) is 10.2. The molecule has 0 fully saturated rings. The molecule has 0 saturated carbocycles. The quantitative estimate of drug-likeness (QED) is 0.554. The molecule has 0 heterocycles. The van der Waals surface area contributed by atoms with Crippen molar-refractivity contribution < 1.29 is 0 Å². The average molecular weight is 235 g/mol. The van der Waals surface area contributed by atoms with Crippen molar-refractivity contribution in [2.24, 2.45) is 5.92 Å². The third-order valence-corrected chi connectivity index (χ3v) is 3.65. The zero-order chi connectivity index (χ0) is 11.8. The summed E-state index contributed by atoms with van der Waals surface area (Å²) in [4.78, 5) is 1.31. The van der Waals surface area contributed by atoms with E-state index in [9.17, 15) is 0 Å². The molecular formula is C14H21NS. The standard InChI is InChI=1S/C14H21NS/c1-4-10-16-14-9-7-6-8-13(14)15-11-12(3)5-2/h4,6-9,12,15H,1,5,10-11H2,2-3H3. The molecule has 0 aliphatic heterocycles. The molecule has 1 nitrogen and oxygen atoms in total. The Morgan fingerprint density at radius 2 is 2.19 bits per heavy atom. The first-order chi connectivity index (χ1) is 7.77. The molecule has 88 valence electrons. The second kappa shape index (κ2) is 7.39. The van der Waals surface area contributed by atoms with E-state index in [-0.39, 0.29) is 0 Å². The van der Waals surface area contributed by atoms with Crippen molar-refractivity contribution in [1.82, 2.24) is 0 Å². The minimum Gasteiger partial charge on any atom is -0.384 e. The Morgan fingerprint density at radius 1 is 1.44 bits per heavy atom. The van der Waals surface area contributed by atoms with E-state index in [0.717, 1.165) is 18.2 Å². The summed E-state index contributed by atoms with van der Waals surface area (Å²) < 4.78 is 0. The first-order valence-corrected chi connectivity index (χ1v) is 6.83. The van der Waals surface area contributed by atoms with Crippen molar-refractivity contribution >= 4 is 17.4 Å². The van der Waals surface area contributed by atoms with Gasteiger partial charge in [-0.1, -0.05) is 38.5 Å². The van der Waals surface area contributed by atoms with Gasteiger partial charge >= 0.3 is 0 Å². The highest BCUT2D eigenvalue weighted by atomic mass is 32.2. The maximum absolute atomic E-state index is 3.75. The number of benzene rings is 1. The summed E-state index contributed by atoms with van der Waals surface area (Å²) in [5.74, 6) is 1.68. The highest BCUT2D eigenvalue weighted by molar-refractivity contribution is 7.99. The number of hydrogen-bond acceptors (Lipinski definition) is 2. The molecule has 1 atom stereocenters. The summed E-state index contributed by atoms with van der Waals surface area (Å²) in [5, 5.41) is 3.52. The Bertz CT molecular complexity index is 322. The molecule has 1 rings (SSSR count). The molecule has 0 saturated heterocycles. The van der Waals surface area contributed by atoms with Crippen LogP contribution in [0.15, 0.2) is 41.8 Å². The lowest BCUT2D eigenvalue weighted by Gasteiger charge is -2.14. The fourth-order valence-electron chi connectivity index (χ4n) is 1.32. The summed E-state index contributed by atoms with van der Waals surface area (Å²) in [6.07, 6.45) is 3.16. The van der Waals surface area contributed by atoms with Crippen molar-refractivity contribution in [3.8, 4) is 0 Å². The van der Waals surface area contributed by atoms with Gasteiger partial charge in [0, 0.05) is 22.9 Å². The van der Waals surface area contributed by atoms with Gasteiger partial charge < -0.3 is 5.32 Å². The summed E-state index contributed by atoms with van der Waals surface area (Å²) >= 11 is 1.83. The highest BCUT2D eigenvalue weighted by Gasteiger charge is 2.03. The fourth-order valence-corrected chi connectivity index (χ4v) is 2.08. The maximum Gasteiger partial charge on any atom is 0.0478 e. The van der Waals surface area contributed by atoms with Gasteiger partial charge in [0.15, 0.2) is 0 Å². The van der Waals surface area contributed by atoms with Gasteiger partial charge in [-0.3, -0.25) is 0 Å². The SMILES string of the molecule is C=CCSc1ccccc1NCC(C)CC. The predicted octanol–water partition coefficient (Wildman–Crippen LogP) is 4.42. The fraction of sp³-hybridized carbons (Fsp3) is 0.429.